The van der Waals surface area contributed by atoms with E-state index in [0.29, 0.717) is 27.6 Å². The van der Waals surface area contributed by atoms with Crippen LogP contribution in [0.25, 0.3) is 0 Å². The fraction of sp³-hybridized carbons (Fsp3) is 0.0417. The lowest BCUT2D eigenvalue weighted by molar-refractivity contribution is -0.120. The summed E-state index contributed by atoms with van der Waals surface area (Å²) in [6.07, 6.45) is 0. The van der Waals surface area contributed by atoms with Crippen LogP contribution in [0.2, 0.25) is 0 Å². The Morgan fingerprint density at radius 3 is 2.30 bits per heavy atom. The van der Waals surface area contributed by atoms with Crippen LogP contribution in [0.1, 0.15) is 10.4 Å². The van der Waals surface area contributed by atoms with Gasteiger partial charge >= 0.3 is 0 Å². The van der Waals surface area contributed by atoms with Crippen LogP contribution in [-0.2, 0) is 9.59 Å². The smallest absolute Gasteiger partial charge is 0.283 e. The monoisotopic (exact) mass is 465 g/mol. The molecule has 2 N–H and O–H groups in total. The van der Waals surface area contributed by atoms with Crippen LogP contribution < -0.4 is 20.3 Å². The molecule has 1 aliphatic heterocycles. The topological polar surface area (TPSA) is 87.7 Å². The van der Waals surface area contributed by atoms with Gasteiger partial charge in [0, 0.05) is 11.3 Å². The van der Waals surface area contributed by atoms with Gasteiger partial charge in [-0.25, -0.2) is 9.29 Å². The number of para-hydroxylation sites is 3. The summed E-state index contributed by atoms with van der Waals surface area (Å²) in [4.78, 5) is 38.5. The molecule has 0 bridgehead atoms. The van der Waals surface area contributed by atoms with Crippen molar-refractivity contribution >= 4 is 46.4 Å². The number of nitrogens with one attached hydrogen (secondary N) is 2. The minimum absolute atomic E-state index is 0.184. The maximum atomic E-state index is 14.1. The average Bonchev–Trinajstić information content (AvgIpc) is 3.03. The van der Waals surface area contributed by atoms with E-state index in [1.165, 1.54) is 37.4 Å². The lowest BCUT2D eigenvalue weighted by Crippen LogP contribution is -2.33. The van der Waals surface area contributed by atoms with Gasteiger partial charge < -0.3 is 15.4 Å². The molecule has 1 heterocycles. The van der Waals surface area contributed by atoms with Gasteiger partial charge in [-0.2, -0.15) is 0 Å². The number of anilines is 3. The first-order chi connectivity index (χ1) is 15.9. The number of benzene rings is 3. The molecular weight excluding hydrogens is 449 g/mol. The third kappa shape index (κ3) is 4.28. The third-order valence-corrected chi connectivity index (χ3v) is 5.24. The molecule has 0 radical (unpaired) electrons. The highest BCUT2D eigenvalue weighted by atomic mass is 35.5. The van der Waals surface area contributed by atoms with Crippen molar-refractivity contribution in [2.24, 2.45) is 0 Å². The van der Waals surface area contributed by atoms with E-state index in [1.54, 1.807) is 36.4 Å². The van der Waals surface area contributed by atoms with E-state index in [1.807, 2.05) is 0 Å². The molecular formula is C24H17ClFN3O4. The first kappa shape index (κ1) is 22.0. The van der Waals surface area contributed by atoms with Crippen molar-refractivity contribution in [1.82, 2.24) is 0 Å². The molecule has 33 heavy (non-hydrogen) atoms. The molecule has 166 valence electrons. The van der Waals surface area contributed by atoms with Crippen LogP contribution in [0, 0.1) is 5.82 Å². The number of ether oxygens (including phenoxy) is 1. The van der Waals surface area contributed by atoms with Gasteiger partial charge in [0.2, 0.25) is 0 Å². The molecule has 3 amide bonds. The van der Waals surface area contributed by atoms with Gasteiger partial charge in [-0.05, 0) is 48.5 Å². The van der Waals surface area contributed by atoms with E-state index in [2.05, 4.69) is 10.6 Å². The van der Waals surface area contributed by atoms with E-state index in [4.69, 9.17) is 16.3 Å². The van der Waals surface area contributed by atoms with Gasteiger partial charge in [-0.1, -0.05) is 35.9 Å². The summed E-state index contributed by atoms with van der Waals surface area (Å²) in [5.74, 6) is -2.18. The van der Waals surface area contributed by atoms with Crippen molar-refractivity contribution in [2.75, 3.05) is 22.6 Å². The molecule has 0 fully saturated rings. The van der Waals surface area contributed by atoms with E-state index < -0.39 is 17.6 Å². The molecule has 0 unspecified atom stereocenters. The zero-order valence-electron chi connectivity index (χ0n) is 17.3. The Morgan fingerprint density at radius 1 is 0.939 bits per heavy atom. The zero-order chi connectivity index (χ0) is 23.5. The molecule has 0 aromatic heterocycles. The highest BCUT2D eigenvalue weighted by molar-refractivity contribution is 6.53. The molecule has 4 rings (SSSR count). The number of carbonyl (C=O) groups excluding carboxylic acids is 3. The largest absolute Gasteiger partial charge is 0.495 e. The predicted molar refractivity (Wildman–Crippen MR) is 123 cm³/mol. The van der Waals surface area contributed by atoms with Crippen LogP contribution in [0.3, 0.4) is 0 Å². The van der Waals surface area contributed by atoms with Crippen molar-refractivity contribution in [2.45, 2.75) is 0 Å². The molecule has 0 aliphatic carbocycles. The van der Waals surface area contributed by atoms with Crippen LogP contribution in [0.15, 0.2) is 83.5 Å². The summed E-state index contributed by atoms with van der Waals surface area (Å²) < 4.78 is 19.3. The number of methoxy groups -OCH3 is 1. The van der Waals surface area contributed by atoms with Crippen molar-refractivity contribution in [3.05, 3.63) is 94.9 Å². The van der Waals surface area contributed by atoms with E-state index in [9.17, 15) is 18.8 Å². The molecule has 0 atom stereocenters. The second kappa shape index (κ2) is 9.13. The second-order valence-corrected chi connectivity index (χ2v) is 7.32. The molecule has 3 aromatic rings. The Balaban J connectivity index is 1.50. The Kier molecular flexibility index (Phi) is 6.10. The SMILES string of the molecule is COc1ccccc1NC(=O)c1ccc(NC2=C(Cl)C(=O)N(c3ccccc3F)C2=O)cc1. The van der Waals surface area contributed by atoms with Crippen LogP contribution in [0.4, 0.5) is 21.5 Å². The maximum absolute atomic E-state index is 14.1. The Bertz CT molecular complexity index is 1290. The van der Waals surface area contributed by atoms with Crippen LogP contribution >= 0.6 is 11.6 Å². The first-order valence-corrected chi connectivity index (χ1v) is 10.1. The van der Waals surface area contributed by atoms with Gasteiger partial charge in [0.15, 0.2) is 0 Å². The minimum Gasteiger partial charge on any atom is -0.495 e. The molecule has 3 aromatic carbocycles. The number of hydrogen-bond donors (Lipinski definition) is 2. The number of halogens is 2. The highest BCUT2D eigenvalue weighted by Crippen LogP contribution is 2.31. The molecule has 9 heteroatoms. The van der Waals surface area contributed by atoms with E-state index >= 15 is 0 Å². The number of hydrogen-bond acceptors (Lipinski definition) is 5. The molecule has 7 nitrogen and oxygen atoms in total. The fourth-order valence-corrected chi connectivity index (χ4v) is 3.47. The predicted octanol–water partition coefficient (Wildman–Crippen LogP) is 4.52. The van der Waals surface area contributed by atoms with Crippen molar-refractivity contribution < 1.29 is 23.5 Å². The summed E-state index contributed by atoms with van der Waals surface area (Å²) in [6, 6.07) is 18.6. The number of rotatable bonds is 6. The van der Waals surface area contributed by atoms with E-state index in [-0.39, 0.29) is 22.3 Å². The highest BCUT2D eigenvalue weighted by Gasteiger charge is 2.40. The van der Waals surface area contributed by atoms with Crippen LogP contribution in [-0.4, -0.2) is 24.8 Å². The molecule has 0 saturated heterocycles. The van der Waals surface area contributed by atoms with Gasteiger partial charge in [-0.3, -0.25) is 14.4 Å². The Morgan fingerprint density at radius 2 is 1.61 bits per heavy atom. The molecule has 0 saturated carbocycles. The Hall–Kier alpha value is -4.17. The maximum Gasteiger partial charge on any atom is 0.283 e. The summed E-state index contributed by atoms with van der Waals surface area (Å²) in [6.45, 7) is 0. The first-order valence-electron chi connectivity index (χ1n) is 9.75. The molecule has 0 spiro atoms. The summed E-state index contributed by atoms with van der Waals surface area (Å²) >= 11 is 6.08. The lowest BCUT2D eigenvalue weighted by atomic mass is 10.1. The fourth-order valence-electron chi connectivity index (χ4n) is 3.25. The van der Waals surface area contributed by atoms with Crippen LogP contribution in [0.5, 0.6) is 5.75 Å². The number of nitrogens with zero attached hydrogens (tertiary/aromatic N) is 1. The van der Waals surface area contributed by atoms with Gasteiger partial charge in [0.05, 0.1) is 18.5 Å². The van der Waals surface area contributed by atoms with Gasteiger partial charge in [-0.15, -0.1) is 0 Å². The summed E-state index contributed by atoms with van der Waals surface area (Å²) in [5, 5.41) is 5.19. The number of imide groups is 1. The number of carbonyl (C=O) groups is 3. The second-order valence-electron chi connectivity index (χ2n) is 6.94. The zero-order valence-corrected chi connectivity index (χ0v) is 18.0. The average molecular weight is 466 g/mol. The van der Waals surface area contributed by atoms with Gasteiger partial charge in [0.1, 0.15) is 22.3 Å². The normalized spacial score (nSPS) is 13.4. The van der Waals surface area contributed by atoms with Gasteiger partial charge in [0.25, 0.3) is 17.7 Å². The standard InChI is InChI=1S/C24H17ClFN3O4/c1-33-19-9-5-3-7-17(19)28-22(30)14-10-12-15(13-11-14)27-21-20(25)23(31)29(24(21)32)18-8-4-2-6-16(18)26/h2-13,27H,1H3,(H,28,30). The summed E-state index contributed by atoms with van der Waals surface area (Å²) in [5.41, 5.74) is 0.913. The number of amides is 3. The van der Waals surface area contributed by atoms with Crippen molar-refractivity contribution in [3.63, 3.8) is 0 Å². The van der Waals surface area contributed by atoms with E-state index in [0.717, 1.165) is 6.07 Å². The third-order valence-electron chi connectivity index (χ3n) is 4.89. The van der Waals surface area contributed by atoms with Crippen molar-refractivity contribution in [1.29, 1.82) is 0 Å². The quantitative estimate of drug-likeness (QED) is 0.522. The molecule has 1 aliphatic rings. The minimum atomic E-state index is -0.831. The summed E-state index contributed by atoms with van der Waals surface area (Å²) in [7, 11) is 1.51. The Labute approximate surface area is 193 Å². The lowest BCUT2D eigenvalue weighted by Gasteiger charge is -2.15. The van der Waals surface area contributed by atoms with Crippen molar-refractivity contribution in [3.8, 4) is 5.75 Å².